The summed E-state index contributed by atoms with van der Waals surface area (Å²) >= 11 is 0. The number of anilines is 1. The van der Waals surface area contributed by atoms with Crippen molar-refractivity contribution >= 4 is 33.6 Å². The maximum absolute atomic E-state index is 13.6. The molecule has 4 rings (SSSR count). The monoisotopic (exact) mass is 457 g/mol. The number of nitrogens with zero attached hydrogens (tertiary/aromatic N) is 8. The topological polar surface area (TPSA) is 143 Å². The summed E-state index contributed by atoms with van der Waals surface area (Å²) in [5, 5.41) is 18.3. The van der Waals surface area contributed by atoms with E-state index in [9.17, 15) is 4.79 Å². The van der Waals surface area contributed by atoms with Crippen LogP contribution >= 0.6 is 0 Å². The van der Waals surface area contributed by atoms with Crippen LogP contribution in [0.5, 0.6) is 0 Å². The van der Waals surface area contributed by atoms with E-state index in [1.54, 1.807) is 24.0 Å². The summed E-state index contributed by atoms with van der Waals surface area (Å²) in [6, 6.07) is 0. The average Bonchev–Trinajstić information content (AvgIpc) is 3.35. The standard InChI is InChI=1S/C23H23N9O2/c1-5-6-9-17(14(2)3)32-18(28-16-11-27-30(4)20(16)23(32)34)12-31-22-19(21(24)25-13-26-22)15(29-31)8-7-10-33/h5-6,9,11,13,33H,2,10,12H2,1,3-4H3,(H2,24,25,26)/b6-5-,17-9+. The predicted molar refractivity (Wildman–Crippen MR) is 129 cm³/mol. The third-order valence-electron chi connectivity index (χ3n) is 5.09. The van der Waals surface area contributed by atoms with Gasteiger partial charge in [0.1, 0.15) is 42.3 Å². The Bertz CT molecular complexity index is 1610. The lowest BCUT2D eigenvalue weighted by atomic mass is 10.2. The minimum atomic E-state index is -0.335. The van der Waals surface area contributed by atoms with E-state index in [0.717, 1.165) is 0 Å². The van der Waals surface area contributed by atoms with Crippen LogP contribution in [0, 0.1) is 11.8 Å². The molecular formula is C23H23N9O2. The van der Waals surface area contributed by atoms with Crippen LogP contribution in [-0.2, 0) is 13.6 Å². The Morgan fingerprint density at radius 1 is 1.35 bits per heavy atom. The first-order chi connectivity index (χ1) is 16.4. The molecule has 0 aliphatic rings. The summed E-state index contributed by atoms with van der Waals surface area (Å²) in [6.45, 7) is 7.49. The molecule has 0 amide bonds. The molecule has 11 heteroatoms. The molecule has 172 valence electrons. The van der Waals surface area contributed by atoms with Gasteiger partial charge >= 0.3 is 0 Å². The predicted octanol–water partition coefficient (Wildman–Crippen LogP) is 1.24. The van der Waals surface area contributed by atoms with Crippen LogP contribution in [0.4, 0.5) is 5.82 Å². The van der Waals surface area contributed by atoms with Gasteiger partial charge in [0, 0.05) is 7.05 Å². The van der Waals surface area contributed by atoms with Crippen LogP contribution in [0.1, 0.15) is 25.4 Å². The van der Waals surface area contributed by atoms with Crippen molar-refractivity contribution in [1.82, 2.24) is 39.1 Å². The smallest absolute Gasteiger partial charge is 0.284 e. The molecule has 0 unspecified atom stereocenters. The number of fused-ring (bicyclic) bond motifs is 2. The van der Waals surface area contributed by atoms with Gasteiger partial charge in [-0.25, -0.2) is 19.6 Å². The maximum Gasteiger partial charge on any atom is 0.284 e. The summed E-state index contributed by atoms with van der Waals surface area (Å²) < 4.78 is 4.56. The summed E-state index contributed by atoms with van der Waals surface area (Å²) in [5.74, 6) is 5.96. The van der Waals surface area contributed by atoms with Crippen molar-refractivity contribution < 1.29 is 5.11 Å². The summed E-state index contributed by atoms with van der Waals surface area (Å²) in [7, 11) is 1.69. The van der Waals surface area contributed by atoms with Crippen molar-refractivity contribution in [3.05, 3.63) is 64.8 Å². The van der Waals surface area contributed by atoms with Crippen LogP contribution < -0.4 is 11.3 Å². The molecule has 4 heterocycles. The number of hydrogen-bond donors (Lipinski definition) is 2. The zero-order valence-electron chi connectivity index (χ0n) is 19.0. The first-order valence-electron chi connectivity index (χ1n) is 10.4. The Morgan fingerprint density at radius 3 is 2.85 bits per heavy atom. The minimum Gasteiger partial charge on any atom is -0.384 e. The van der Waals surface area contributed by atoms with E-state index in [2.05, 4.69) is 38.6 Å². The molecule has 0 spiro atoms. The van der Waals surface area contributed by atoms with Gasteiger partial charge in [-0.3, -0.25) is 14.0 Å². The molecule has 0 aliphatic heterocycles. The molecule has 4 aromatic rings. The van der Waals surface area contributed by atoms with Crippen molar-refractivity contribution in [2.45, 2.75) is 20.4 Å². The summed E-state index contributed by atoms with van der Waals surface area (Å²) in [4.78, 5) is 26.7. The zero-order valence-corrected chi connectivity index (χ0v) is 19.0. The van der Waals surface area contributed by atoms with Crippen LogP contribution in [0.3, 0.4) is 0 Å². The third kappa shape index (κ3) is 3.87. The quantitative estimate of drug-likeness (QED) is 0.337. The summed E-state index contributed by atoms with van der Waals surface area (Å²) in [5.41, 5.74) is 8.61. The minimum absolute atomic E-state index is 0.0777. The fourth-order valence-electron chi connectivity index (χ4n) is 3.60. The largest absolute Gasteiger partial charge is 0.384 e. The number of nitrogens with two attached hydrogens (primary N) is 1. The van der Waals surface area contributed by atoms with E-state index >= 15 is 0 Å². The molecule has 0 radical (unpaired) electrons. The second kappa shape index (κ2) is 9.13. The van der Waals surface area contributed by atoms with Gasteiger partial charge in [-0.1, -0.05) is 24.7 Å². The van der Waals surface area contributed by atoms with Crippen molar-refractivity contribution in [2.24, 2.45) is 7.05 Å². The lowest BCUT2D eigenvalue weighted by Crippen LogP contribution is -2.27. The van der Waals surface area contributed by atoms with E-state index in [1.165, 1.54) is 15.6 Å². The molecule has 11 nitrogen and oxygen atoms in total. The Kier molecular flexibility index (Phi) is 6.07. The van der Waals surface area contributed by atoms with Crippen LogP contribution in [0.25, 0.3) is 27.8 Å². The Hall–Kier alpha value is -4.56. The van der Waals surface area contributed by atoms with E-state index < -0.39 is 0 Å². The number of hydrogen-bond acceptors (Lipinski definition) is 8. The molecule has 0 aliphatic carbocycles. The molecule has 0 saturated carbocycles. The van der Waals surface area contributed by atoms with E-state index in [1.807, 2.05) is 26.0 Å². The normalized spacial score (nSPS) is 11.9. The van der Waals surface area contributed by atoms with Gasteiger partial charge in [-0.15, -0.1) is 0 Å². The van der Waals surface area contributed by atoms with Gasteiger partial charge < -0.3 is 10.8 Å². The average molecular weight is 457 g/mol. The molecule has 0 aromatic carbocycles. The number of aromatic nitrogens is 8. The Labute approximate surface area is 194 Å². The van der Waals surface area contributed by atoms with Crippen LogP contribution in [0.15, 0.2) is 47.7 Å². The van der Waals surface area contributed by atoms with Gasteiger partial charge in [0.25, 0.3) is 5.56 Å². The number of aliphatic hydroxyl groups excluding tert-OH is 1. The lowest BCUT2D eigenvalue weighted by Gasteiger charge is -2.16. The second-order valence-electron chi connectivity index (χ2n) is 7.45. The highest BCUT2D eigenvalue weighted by molar-refractivity contribution is 5.90. The number of aryl methyl sites for hydroxylation is 1. The SMILES string of the molecule is C=C(C)/C(=C\C=C/C)n1c(Cn2nc(C#CCO)c3c(N)ncnc32)nc2cnn(C)c2c1=O. The molecule has 4 aromatic heterocycles. The number of aliphatic hydroxyl groups is 1. The molecule has 3 N–H and O–H groups in total. The number of allylic oxidation sites excluding steroid dienone is 5. The molecule has 0 saturated heterocycles. The van der Waals surface area contributed by atoms with Gasteiger partial charge in [-0.2, -0.15) is 10.2 Å². The van der Waals surface area contributed by atoms with Gasteiger partial charge in [0.15, 0.2) is 11.2 Å². The Morgan fingerprint density at radius 2 is 2.15 bits per heavy atom. The van der Waals surface area contributed by atoms with Crippen molar-refractivity contribution in [2.75, 3.05) is 12.3 Å². The van der Waals surface area contributed by atoms with Gasteiger partial charge in [-0.05, 0) is 31.4 Å². The lowest BCUT2D eigenvalue weighted by molar-refractivity contribution is 0.350. The first kappa shape index (κ1) is 22.6. The van der Waals surface area contributed by atoms with Crippen LogP contribution in [-0.4, -0.2) is 50.8 Å². The van der Waals surface area contributed by atoms with Gasteiger partial charge in [0.05, 0.1) is 17.3 Å². The van der Waals surface area contributed by atoms with E-state index in [4.69, 9.17) is 15.8 Å². The third-order valence-corrected chi connectivity index (χ3v) is 5.09. The zero-order chi connectivity index (χ0) is 24.4. The maximum atomic E-state index is 13.6. The highest BCUT2D eigenvalue weighted by Crippen LogP contribution is 2.23. The first-order valence-corrected chi connectivity index (χ1v) is 10.4. The van der Waals surface area contributed by atoms with E-state index in [0.29, 0.717) is 44.9 Å². The highest BCUT2D eigenvalue weighted by Gasteiger charge is 2.21. The molecular weight excluding hydrogens is 434 g/mol. The number of nitrogen functional groups attached to an aromatic ring is 1. The molecule has 0 atom stereocenters. The summed E-state index contributed by atoms with van der Waals surface area (Å²) in [6.07, 6.45) is 8.36. The molecule has 0 bridgehead atoms. The second-order valence-corrected chi connectivity index (χ2v) is 7.45. The Balaban J connectivity index is 2.01. The van der Waals surface area contributed by atoms with Crippen molar-refractivity contribution in [3.8, 4) is 11.8 Å². The van der Waals surface area contributed by atoms with Crippen molar-refractivity contribution in [3.63, 3.8) is 0 Å². The fourth-order valence-corrected chi connectivity index (χ4v) is 3.60. The van der Waals surface area contributed by atoms with Crippen molar-refractivity contribution in [1.29, 1.82) is 0 Å². The van der Waals surface area contributed by atoms with E-state index in [-0.39, 0.29) is 24.5 Å². The fraction of sp³-hybridized carbons (Fsp3) is 0.217. The van der Waals surface area contributed by atoms with Crippen LogP contribution in [0.2, 0.25) is 0 Å². The molecule has 34 heavy (non-hydrogen) atoms. The molecule has 0 fully saturated rings. The van der Waals surface area contributed by atoms with Gasteiger partial charge in [0.2, 0.25) is 0 Å². The highest BCUT2D eigenvalue weighted by atomic mass is 16.2. The number of rotatable bonds is 5.